The molecule has 3 aromatic rings. The second-order valence-electron chi connectivity index (χ2n) is 7.88. The van der Waals surface area contributed by atoms with Gasteiger partial charge in [0.15, 0.2) is 9.84 Å². The van der Waals surface area contributed by atoms with Crippen LogP contribution in [0.4, 0.5) is 18.9 Å². The average molecular weight is 465 g/mol. The van der Waals surface area contributed by atoms with Crippen molar-refractivity contribution in [1.29, 1.82) is 0 Å². The van der Waals surface area contributed by atoms with Crippen LogP contribution in [0.5, 0.6) is 0 Å². The molecule has 170 valence electrons. The van der Waals surface area contributed by atoms with Crippen molar-refractivity contribution in [2.45, 2.75) is 23.7 Å². The third-order valence-electron chi connectivity index (χ3n) is 5.59. The lowest BCUT2D eigenvalue weighted by molar-refractivity contribution is -0.153. The Kier molecular flexibility index (Phi) is 6.05. The Morgan fingerprint density at radius 2 is 1.75 bits per heavy atom. The minimum absolute atomic E-state index is 0.105. The first kappa shape index (κ1) is 22.4. The van der Waals surface area contributed by atoms with Crippen molar-refractivity contribution in [1.82, 2.24) is 4.90 Å². The summed E-state index contributed by atoms with van der Waals surface area (Å²) in [5.41, 5.74) is 1.82. The highest BCUT2D eigenvalue weighted by Crippen LogP contribution is 2.34. The lowest BCUT2D eigenvalue weighted by Gasteiger charge is -2.42. The van der Waals surface area contributed by atoms with Gasteiger partial charge >= 0.3 is 6.18 Å². The van der Waals surface area contributed by atoms with Gasteiger partial charge in [0.25, 0.3) is 0 Å². The van der Waals surface area contributed by atoms with Crippen LogP contribution in [0.25, 0.3) is 0 Å². The van der Waals surface area contributed by atoms with Gasteiger partial charge in [0, 0.05) is 31.6 Å². The molecule has 4 rings (SSSR count). The summed E-state index contributed by atoms with van der Waals surface area (Å²) in [7, 11) is -3.33. The Morgan fingerprint density at radius 1 is 1.00 bits per heavy atom. The summed E-state index contributed by atoms with van der Waals surface area (Å²) in [4.78, 5) is 4.45. The van der Waals surface area contributed by atoms with E-state index in [1.165, 1.54) is 12.3 Å². The van der Waals surface area contributed by atoms with E-state index in [0.29, 0.717) is 19.6 Å². The summed E-state index contributed by atoms with van der Waals surface area (Å²) in [6.45, 7) is 1.98. The molecule has 0 unspecified atom stereocenters. The third kappa shape index (κ3) is 4.99. The molecule has 0 saturated carbocycles. The monoisotopic (exact) mass is 464 g/mol. The molecule has 1 aliphatic rings. The van der Waals surface area contributed by atoms with Gasteiger partial charge in [0.05, 0.1) is 17.5 Å². The van der Waals surface area contributed by atoms with E-state index >= 15 is 0 Å². The van der Waals surface area contributed by atoms with Gasteiger partial charge < -0.3 is 9.32 Å². The second-order valence-corrected chi connectivity index (χ2v) is 9.89. The lowest BCUT2D eigenvalue weighted by Crippen LogP contribution is -2.48. The van der Waals surface area contributed by atoms with Gasteiger partial charge in [-0.25, -0.2) is 8.42 Å². The molecule has 5 nitrogen and oxygen atoms in total. The van der Waals surface area contributed by atoms with Gasteiger partial charge in [-0.2, -0.15) is 13.2 Å². The quantitative estimate of drug-likeness (QED) is 0.545. The number of sulfone groups is 1. The van der Waals surface area contributed by atoms with Crippen LogP contribution in [0.1, 0.15) is 23.1 Å². The smallest absolute Gasteiger partial charge is 0.449 e. The minimum Gasteiger partial charge on any atom is -0.455 e. The van der Waals surface area contributed by atoms with Crippen LogP contribution in [0.2, 0.25) is 0 Å². The van der Waals surface area contributed by atoms with Crippen LogP contribution in [0.3, 0.4) is 0 Å². The standard InChI is InChI=1S/C23H23F3N2O3S/c1-32(29,30)20-9-5-8-18(14-20)27-12-13-28(21(16-27)17-6-3-2-4-7-17)15-19-10-11-22(31-19)23(24,25)26/h2-11,14,21H,12-13,15-16H2,1H3/t21-/m0/s1. The number of nitrogens with zero attached hydrogens (tertiary/aromatic N) is 2. The molecule has 1 aliphatic heterocycles. The summed E-state index contributed by atoms with van der Waals surface area (Å²) in [6.07, 6.45) is -3.34. The molecule has 9 heteroatoms. The fourth-order valence-corrected chi connectivity index (χ4v) is 4.62. The second kappa shape index (κ2) is 8.63. The number of rotatable bonds is 5. The predicted molar refractivity (Wildman–Crippen MR) is 115 cm³/mol. The van der Waals surface area contributed by atoms with E-state index < -0.39 is 21.8 Å². The number of furan rings is 1. The van der Waals surface area contributed by atoms with E-state index in [0.717, 1.165) is 17.3 Å². The first-order chi connectivity index (χ1) is 15.1. The van der Waals surface area contributed by atoms with E-state index in [1.54, 1.807) is 18.2 Å². The van der Waals surface area contributed by atoms with Crippen molar-refractivity contribution in [2.24, 2.45) is 0 Å². The topological polar surface area (TPSA) is 53.8 Å². The largest absolute Gasteiger partial charge is 0.455 e. The van der Waals surface area contributed by atoms with Crippen molar-refractivity contribution in [3.05, 3.63) is 83.8 Å². The maximum atomic E-state index is 12.9. The third-order valence-corrected chi connectivity index (χ3v) is 6.70. The summed E-state index contributed by atoms with van der Waals surface area (Å²) in [5.74, 6) is -0.745. The number of halogens is 3. The zero-order valence-electron chi connectivity index (χ0n) is 17.4. The fourth-order valence-electron chi connectivity index (χ4n) is 3.96. The van der Waals surface area contributed by atoms with Gasteiger partial charge in [0.1, 0.15) is 5.76 Å². The number of hydrogen-bond acceptors (Lipinski definition) is 5. The Hall–Kier alpha value is -2.78. The van der Waals surface area contributed by atoms with Crippen molar-refractivity contribution in [3.63, 3.8) is 0 Å². The molecular weight excluding hydrogens is 441 g/mol. The number of anilines is 1. The van der Waals surface area contributed by atoms with Crippen LogP contribution in [-0.2, 0) is 22.6 Å². The molecule has 2 heterocycles. The Morgan fingerprint density at radius 3 is 2.41 bits per heavy atom. The summed E-state index contributed by atoms with van der Waals surface area (Å²) in [5, 5.41) is 0. The van der Waals surface area contributed by atoms with Crippen LogP contribution in [-0.4, -0.2) is 39.2 Å². The molecule has 0 radical (unpaired) electrons. The molecule has 0 bridgehead atoms. The first-order valence-corrected chi connectivity index (χ1v) is 12.0. The molecule has 1 fully saturated rings. The molecule has 0 aliphatic carbocycles. The van der Waals surface area contributed by atoms with E-state index in [9.17, 15) is 21.6 Å². The van der Waals surface area contributed by atoms with Crippen LogP contribution in [0, 0.1) is 0 Å². The lowest BCUT2D eigenvalue weighted by atomic mass is 10.0. The van der Waals surface area contributed by atoms with Gasteiger partial charge in [-0.05, 0) is 35.9 Å². The summed E-state index contributed by atoms with van der Waals surface area (Å²) < 4.78 is 67.7. The van der Waals surface area contributed by atoms with Crippen molar-refractivity contribution in [3.8, 4) is 0 Å². The van der Waals surface area contributed by atoms with Gasteiger partial charge in [-0.15, -0.1) is 0 Å². The number of hydrogen-bond donors (Lipinski definition) is 0. The molecule has 2 aromatic carbocycles. The molecule has 1 aromatic heterocycles. The predicted octanol–water partition coefficient (Wildman–Crippen LogP) is 4.77. The SMILES string of the molecule is CS(=O)(=O)c1cccc(N2CCN(Cc3ccc(C(F)(F)F)o3)[C@H](c3ccccc3)C2)c1. The van der Waals surface area contributed by atoms with Crippen molar-refractivity contribution >= 4 is 15.5 Å². The zero-order valence-corrected chi connectivity index (χ0v) is 18.2. The zero-order chi connectivity index (χ0) is 22.9. The highest BCUT2D eigenvalue weighted by atomic mass is 32.2. The molecule has 0 amide bonds. The van der Waals surface area contributed by atoms with Crippen LogP contribution < -0.4 is 4.90 Å². The number of alkyl halides is 3. The molecule has 32 heavy (non-hydrogen) atoms. The fraction of sp³-hybridized carbons (Fsp3) is 0.304. The van der Waals surface area contributed by atoms with Gasteiger partial charge in [-0.1, -0.05) is 36.4 Å². The van der Waals surface area contributed by atoms with Gasteiger partial charge in [-0.3, -0.25) is 4.90 Å². The Labute approximate surface area is 185 Å². The maximum absolute atomic E-state index is 12.9. The van der Waals surface area contributed by atoms with E-state index in [2.05, 4.69) is 9.80 Å². The Balaban J connectivity index is 1.60. The van der Waals surface area contributed by atoms with E-state index in [4.69, 9.17) is 4.42 Å². The van der Waals surface area contributed by atoms with Crippen LogP contribution >= 0.6 is 0 Å². The number of benzene rings is 2. The van der Waals surface area contributed by atoms with Crippen molar-refractivity contribution in [2.75, 3.05) is 30.8 Å². The van der Waals surface area contributed by atoms with E-state index in [1.807, 2.05) is 36.4 Å². The minimum atomic E-state index is -4.51. The van der Waals surface area contributed by atoms with Gasteiger partial charge in [0.2, 0.25) is 5.76 Å². The van der Waals surface area contributed by atoms with Crippen LogP contribution in [0.15, 0.2) is 76.0 Å². The molecular formula is C23H23F3N2O3S. The molecule has 0 N–H and O–H groups in total. The average Bonchev–Trinajstić information content (AvgIpc) is 3.23. The number of piperazine rings is 1. The highest BCUT2D eigenvalue weighted by molar-refractivity contribution is 7.90. The molecule has 1 atom stereocenters. The van der Waals surface area contributed by atoms with Crippen molar-refractivity contribution < 1.29 is 26.0 Å². The highest BCUT2D eigenvalue weighted by Gasteiger charge is 2.35. The first-order valence-electron chi connectivity index (χ1n) is 10.1. The maximum Gasteiger partial charge on any atom is 0.449 e. The molecule has 0 spiro atoms. The molecule has 1 saturated heterocycles. The summed E-state index contributed by atoms with van der Waals surface area (Å²) in [6, 6.07) is 18.8. The Bertz CT molecular complexity index is 1180. The summed E-state index contributed by atoms with van der Waals surface area (Å²) >= 11 is 0. The van der Waals surface area contributed by atoms with E-state index in [-0.39, 0.29) is 23.2 Å². The normalized spacial score (nSPS) is 18.1.